The van der Waals surface area contributed by atoms with Crippen molar-refractivity contribution in [3.05, 3.63) is 109 Å². The zero-order valence-corrected chi connectivity index (χ0v) is 25.1. The summed E-state index contributed by atoms with van der Waals surface area (Å²) in [6, 6.07) is 23.3. The van der Waals surface area contributed by atoms with Crippen LogP contribution in [0.4, 0.5) is 10.1 Å². The Balaban J connectivity index is 1.21. The van der Waals surface area contributed by atoms with Crippen molar-refractivity contribution in [2.45, 2.75) is 0 Å². The Morgan fingerprint density at radius 2 is 1.83 bits per heavy atom. The number of aromatic nitrogens is 6. The first-order valence-corrected chi connectivity index (χ1v) is 14.6. The standard InChI is InChI=1S/C35H29FN8O2/c1-44(2)12-13-46-27-16-23(14-25(36)18-27)28-10-11-38-33-31(28)40-34(41-33)32-29-17-22(8-9-30(29)42-43-32)24-15-26(20-37-19-24)39-35(45)21-6-4-3-5-7-21/h3-11,14-20H,12-13H2,1-2H3,(H,39,45)(H,42,43)(H,38,40,41). The molecule has 1 amide bonds. The monoisotopic (exact) mass is 612 g/mol. The van der Waals surface area contributed by atoms with Crippen LogP contribution in [-0.4, -0.2) is 68.2 Å². The van der Waals surface area contributed by atoms with E-state index in [1.807, 2.05) is 73.6 Å². The molecule has 0 bridgehead atoms. The molecular weight excluding hydrogens is 583 g/mol. The van der Waals surface area contributed by atoms with Crippen LogP contribution in [0.3, 0.4) is 0 Å². The molecule has 3 aromatic carbocycles. The van der Waals surface area contributed by atoms with E-state index in [-0.39, 0.29) is 5.91 Å². The number of nitrogens with one attached hydrogen (secondary N) is 3. The first kappa shape index (κ1) is 28.8. The molecule has 228 valence electrons. The summed E-state index contributed by atoms with van der Waals surface area (Å²) in [5, 5.41) is 11.4. The minimum Gasteiger partial charge on any atom is -0.492 e. The lowest BCUT2D eigenvalue weighted by Crippen LogP contribution is -2.19. The van der Waals surface area contributed by atoms with Gasteiger partial charge in [-0.15, -0.1) is 0 Å². The van der Waals surface area contributed by atoms with E-state index < -0.39 is 5.82 Å². The molecule has 7 rings (SSSR count). The number of carbonyl (C=O) groups is 1. The minimum atomic E-state index is -0.401. The molecule has 46 heavy (non-hydrogen) atoms. The van der Waals surface area contributed by atoms with E-state index in [1.165, 1.54) is 12.1 Å². The smallest absolute Gasteiger partial charge is 0.255 e. The number of ether oxygens (including phenoxy) is 1. The average Bonchev–Trinajstić information content (AvgIpc) is 3.69. The van der Waals surface area contributed by atoms with Gasteiger partial charge in [-0.2, -0.15) is 5.10 Å². The largest absolute Gasteiger partial charge is 0.492 e. The van der Waals surface area contributed by atoms with E-state index in [0.29, 0.717) is 64.0 Å². The Bertz CT molecular complexity index is 2190. The molecule has 3 N–H and O–H groups in total. The van der Waals surface area contributed by atoms with Crippen molar-refractivity contribution in [3.8, 4) is 39.5 Å². The van der Waals surface area contributed by atoms with Gasteiger partial charge in [0.15, 0.2) is 11.5 Å². The Morgan fingerprint density at radius 3 is 2.67 bits per heavy atom. The van der Waals surface area contributed by atoms with Gasteiger partial charge in [0.1, 0.15) is 29.4 Å². The highest BCUT2D eigenvalue weighted by Gasteiger charge is 2.18. The molecule has 0 unspecified atom stereocenters. The number of benzene rings is 3. The second kappa shape index (κ2) is 12.2. The van der Waals surface area contributed by atoms with Gasteiger partial charge in [0.05, 0.1) is 17.4 Å². The van der Waals surface area contributed by atoms with Crippen LogP contribution >= 0.6 is 0 Å². The number of rotatable bonds is 9. The van der Waals surface area contributed by atoms with Crippen LogP contribution in [0.25, 0.3) is 55.8 Å². The zero-order chi connectivity index (χ0) is 31.6. The molecule has 0 fully saturated rings. The van der Waals surface area contributed by atoms with Gasteiger partial charge in [-0.1, -0.05) is 24.3 Å². The lowest BCUT2D eigenvalue weighted by molar-refractivity contribution is 0.102. The number of hydrogen-bond acceptors (Lipinski definition) is 7. The lowest BCUT2D eigenvalue weighted by Gasteiger charge is -2.12. The zero-order valence-electron chi connectivity index (χ0n) is 25.1. The maximum Gasteiger partial charge on any atom is 0.255 e. The summed E-state index contributed by atoms with van der Waals surface area (Å²) in [7, 11) is 3.91. The minimum absolute atomic E-state index is 0.212. The third-order valence-electron chi connectivity index (χ3n) is 7.53. The summed E-state index contributed by atoms with van der Waals surface area (Å²) < 4.78 is 20.5. The fourth-order valence-corrected chi connectivity index (χ4v) is 5.24. The number of likely N-dealkylation sites (N-methyl/N-ethyl adjacent to an activating group) is 1. The van der Waals surface area contributed by atoms with E-state index in [4.69, 9.17) is 9.72 Å². The SMILES string of the molecule is CN(C)CCOc1cc(F)cc(-c2ccnc3[nH]c(-c4n[nH]c5ccc(-c6cncc(NC(=O)c7ccccc7)c6)cc45)nc23)c1. The molecule has 0 spiro atoms. The highest BCUT2D eigenvalue weighted by molar-refractivity contribution is 6.04. The third-order valence-corrected chi connectivity index (χ3v) is 7.53. The number of H-pyrrole nitrogens is 2. The molecule has 11 heteroatoms. The molecule has 0 saturated carbocycles. The number of aromatic amines is 2. The fourth-order valence-electron chi connectivity index (χ4n) is 5.24. The summed E-state index contributed by atoms with van der Waals surface area (Å²) in [5.41, 5.74) is 6.75. The van der Waals surface area contributed by atoms with Gasteiger partial charge in [-0.25, -0.2) is 14.4 Å². The third kappa shape index (κ3) is 5.91. The first-order valence-electron chi connectivity index (χ1n) is 14.6. The van der Waals surface area contributed by atoms with Gasteiger partial charge in [0.2, 0.25) is 0 Å². The van der Waals surface area contributed by atoms with Crippen LogP contribution in [0.1, 0.15) is 10.4 Å². The molecule has 4 aromatic heterocycles. The van der Waals surface area contributed by atoms with E-state index in [0.717, 1.165) is 22.0 Å². The van der Waals surface area contributed by atoms with Gasteiger partial charge in [-0.05, 0) is 73.8 Å². The summed E-state index contributed by atoms with van der Waals surface area (Å²) in [6.07, 6.45) is 5.02. The summed E-state index contributed by atoms with van der Waals surface area (Å²) in [5.74, 6) is 0.346. The molecule has 7 aromatic rings. The number of hydrogen-bond donors (Lipinski definition) is 3. The molecule has 0 radical (unpaired) electrons. The summed E-state index contributed by atoms with van der Waals surface area (Å²) >= 11 is 0. The van der Waals surface area contributed by atoms with Crippen molar-refractivity contribution >= 4 is 33.7 Å². The van der Waals surface area contributed by atoms with E-state index in [1.54, 1.807) is 30.7 Å². The molecule has 0 aliphatic carbocycles. The van der Waals surface area contributed by atoms with Crippen LogP contribution in [0.5, 0.6) is 5.75 Å². The van der Waals surface area contributed by atoms with Gasteiger partial charge < -0.3 is 19.9 Å². The van der Waals surface area contributed by atoms with Crippen molar-refractivity contribution < 1.29 is 13.9 Å². The van der Waals surface area contributed by atoms with Crippen molar-refractivity contribution in [1.29, 1.82) is 0 Å². The van der Waals surface area contributed by atoms with Crippen LogP contribution < -0.4 is 10.1 Å². The maximum absolute atomic E-state index is 14.7. The molecular formula is C35H29FN8O2. The number of fused-ring (bicyclic) bond motifs is 2. The summed E-state index contributed by atoms with van der Waals surface area (Å²) in [4.78, 5) is 31.7. The lowest BCUT2D eigenvalue weighted by atomic mass is 10.0. The van der Waals surface area contributed by atoms with Gasteiger partial charge >= 0.3 is 0 Å². The first-order chi connectivity index (χ1) is 22.4. The number of nitrogens with zero attached hydrogens (tertiary/aromatic N) is 5. The van der Waals surface area contributed by atoms with E-state index in [2.05, 4.69) is 30.5 Å². The van der Waals surface area contributed by atoms with Crippen LogP contribution in [0.2, 0.25) is 0 Å². The number of anilines is 1. The summed E-state index contributed by atoms with van der Waals surface area (Å²) in [6.45, 7) is 1.14. The van der Waals surface area contributed by atoms with Gasteiger partial charge in [0, 0.05) is 47.1 Å². The van der Waals surface area contributed by atoms with Gasteiger partial charge in [-0.3, -0.25) is 14.9 Å². The number of amides is 1. The molecule has 4 heterocycles. The Morgan fingerprint density at radius 1 is 0.957 bits per heavy atom. The number of halogens is 1. The van der Waals surface area contributed by atoms with Crippen molar-refractivity contribution in [2.75, 3.05) is 32.6 Å². The fraction of sp³-hybridized carbons (Fsp3) is 0.114. The molecule has 0 saturated heterocycles. The van der Waals surface area contributed by atoms with Gasteiger partial charge in [0.25, 0.3) is 5.91 Å². The molecule has 10 nitrogen and oxygen atoms in total. The second-order valence-corrected chi connectivity index (χ2v) is 11.1. The Hall–Kier alpha value is -5.94. The normalized spacial score (nSPS) is 11.4. The van der Waals surface area contributed by atoms with E-state index in [9.17, 15) is 9.18 Å². The molecule has 0 aliphatic rings. The average molecular weight is 613 g/mol. The van der Waals surface area contributed by atoms with Crippen LogP contribution in [0, 0.1) is 5.82 Å². The van der Waals surface area contributed by atoms with Crippen molar-refractivity contribution in [2.24, 2.45) is 0 Å². The van der Waals surface area contributed by atoms with Crippen LogP contribution in [0.15, 0.2) is 97.5 Å². The van der Waals surface area contributed by atoms with Crippen molar-refractivity contribution in [3.63, 3.8) is 0 Å². The van der Waals surface area contributed by atoms with E-state index >= 15 is 0 Å². The molecule has 0 aliphatic heterocycles. The Kier molecular flexibility index (Phi) is 7.65. The second-order valence-electron chi connectivity index (χ2n) is 11.1. The predicted molar refractivity (Wildman–Crippen MR) is 176 cm³/mol. The number of imidazole rings is 1. The number of carbonyl (C=O) groups excluding carboxylic acids is 1. The van der Waals surface area contributed by atoms with Crippen molar-refractivity contribution in [1.82, 2.24) is 35.0 Å². The topological polar surface area (TPSA) is 125 Å². The number of pyridine rings is 2. The quantitative estimate of drug-likeness (QED) is 0.169. The highest BCUT2D eigenvalue weighted by Crippen LogP contribution is 2.34. The highest BCUT2D eigenvalue weighted by atomic mass is 19.1. The maximum atomic E-state index is 14.7. The van der Waals surface area contributed by atoms with Crippen LogP contribution in [-0.2, 0) is 0 Å². The Labute approximate surface area is 263 Å². The molecule has 0 atom stereocenters. The predicted octanol–water partition coefficient (Wildman–Crippen LogP) is 6.56.